The van der Waals surface area contributed by atoms with Gasteiger partial charge in [-0.05, 0) is 55.5 Å². The number of carbonyl (C=O) groups is 3. The smallest absolute Gasteiger partial charge is 0.335 e. The first kappa shape index (κ1) is 22.9. The van der Waals surface area contributed by atoms with E-state index in [2.05, 4.69) is 20.8 Å². The third-order valence-electron chi connectivity index (χ3n) is 4.37. The van der Waals surface area contributed by atoms with Gasteiger partial charge in [0.05, 0.1) is 17.9 Å². The highest BCUT2D eigenvalue weighted by Gasteiger charge is 2.15. The van der Waals surface area contributed by atoms with E-state index in [1.54, 1.807) is 4.57 Å². The van der Waals surface area contributed by atoms with Gasteiger partial charge in [-0.25, -0.2) is 9.18 Å². The van der Waals surface area contributed by atoms with Gasteiger partial charge < -0.3 is 20.3 Å². The van der Waals surface area contributed by atoms with Crippen LogP contribution in [0.4, 0.5) is 10.1 Å². The SMILES string of the molecule is CCn1c(CNC(=O)c2ccc(F)cc2)nnc1SCC(=O)Nc1ccc(C(=O)O)cc1. The van der Waals surface area contributed by atoms with Crippen LogP contribution in [0.25, 0.3) is 0 Å². The fraction of sp³-hybridized carbons (Fsp3) is 0.190. The van der Waals surface area contributed by atoms with Crippen LogP contribution in [0.5, 0.6) is 0 Å². The zero-order valence-corrected chi connectivity index (χ0v) is 17.9. The van der Waals surface area contributed by atoms with E-state index in [4.69, 9.17) is 5.11 Å². The van der Waals surface area contributed by atoms with Gasteiger partial charge >= 0.3 is 5.97 Å². The molecule has 2 aromatic carbocycles. The Hall–Kier alpha value is -3.73. The fourth-order valence-corrected chi connectivity index (χ4v) is 3.58. The van der Waals surface area contributed by atoms with Crippen LogP contribution in [0.3, 0.4) is 0 Å². The lowest BCUT2D eigenvalue weighted by molar-refractivity contribution is -0.113. The minimum Gasteiger partial charge on any atom is -0.478 e. The largest absolute Gasteiger partial charge is 0.478 e. The number of anilines is 1. The molecule has 3 N–H and O–H groups in total. The van der Waals surface area contributed by atoms with Crippen LogP contribution in [-0.4, -0.2) is 43.4 Å². The quantitative estimate of drug-likeness (QED) is 0.422. The molecule has 0 fully saturated rings. The zero-order chi connectivity index (χ0) is 23.1. The molecule has 3 aromatic rings. The van der Waals surface area contributed by atoms with Gasteiger partial charge in [-0.2, -0.15) is 0 Å². The number of halogens is 1. The van der Waals surface area contributed by atoms with Crippen molar-refractivity contribution in [2.24, 2.45) is 0 Å². The molecule has 166 valence electrons. The lowest BCUT2D eigenvalue weighted by atomic mass is 10.2. The predicted octanol–water partition coefficient (Wildman–Crippen LogP) is 2.80. The molecule has 3 rings (SSSR count). The van der Waals surface area contributed by atoms with Crippen molar-refractivity contribution in [2.45, 2.75) is 25.2 Å². The van der Waals surface area contributed by atoms with Crippen LogP contribution >= 0.6 is 11.8 Å². The van der Waals surface area contributed by atoms with Gasteiger partial charge in [-0.1, -0.05) is 11.8 Å². The van der Waals surface area contributed by atoms with E-state index in [-0.39, 0.29) is 29.7 Å². The number of carboxylic acids is 1. The molecule has 0 saturated carbocycles. The van der Waals surface area contributed by atoms with Crippen molar-refractivity contribution in [2.75, 3.05) is 11.1 Å². The number of thioether (sulfide) groups is 1. The summed E-state index contributed by atoms with van der Waals surface area (Å²) in [6, 6.07) is 11.1. The summed E-state index contributed by atoms with van der Waals surface area (Å²) in [7, 11) is 0. The van der Waals surface area contributed by atoms with Gasteiger partial charge in [-0.15, -0.1) is 10.2 Å². The van der Waals surface area contributed by atoms with Gasteiger partial charge in [0.1, 0.15) is 5.82 Å². The number of hydrogen-bond acceptors (Lipinski definition) is 6. The summed E-state index contributed by atoms with van der Waals surface area (Å²) in [5.41, 5.74) is 0.950. The van der Waals surface area contributed by atoms with Crippen LogP contribution in [0.1, 0.15) is 33.5 Å². The van der Waals surface area contributed by atoms with E-state index in [0.29, 0.717) is 28.8 Å². The van der Waals surface area contributed by atoms with E-state index in [1.165, 1.54) is 60.3 Å². The highest BCUT2D eigenvalue weighted by Crippen LogP contribution is 2.18. The van der Waals surface area contributed by atoms with E-state index in [0.717, 1.165) is 0 Å². The van der Waals surface area contributed by atoms with E-state index < -0.39 is 11.8 Å². The molecule has 0 bridgehead atoms. The van der Waals surface area contributed by atoms with E-state index in [1.807, 2.05) is 6.92 Å². The second kappa shape index (κ2) is 10.5. The van der Waals surface area contributed by atoms with Crippen molar-refractivity contribution in [1.82, 2.24) is 20.1 Å². The number of nitrogens with zero attached hydrogens (tertiary/aromatic N) is 3. The molecule has 0 aliphatic rings. The molecule has 0 unspecified atom stereocenters. The summed E-state index contributed by atoms with van der Waals surface area (Å²) >= 11 is 1.19. The van der Waals surface area contributed by atoms with Crippen molar-refractivity contribution >= 4 is 35.2 Å². The normalized spacial score (nSPS) is 10.6. The summed E-state index contributed by atoms with van der Waals surface area (Å²) in [5, 5.41) is 23.0. The van der Waals surface area contributed by atoms with Crippen molar-refractivity contribution in [3.63, 3.8) is 0 Å². The molecule has 32 heavy (non-hydrogen) atoms. The fourth-order valence-electron chi connectivity index (χ4n) is 2.76. The molecule has 2 amide bonds. The molecule has 1 heterocycles. The highest BCUT2D eigenvalue weighted by molar-refractivity contribution is 7.99. The maximum absolute atomic E-state index is 13.0. The van der Waals surface area contributed by atoms with Crippen molar-refractivity contribution in [1.29, 1.82) is 0 Å². The molecular formula is C21H20FN5O4S. The maximum atomic E-state index is 13.0. The third-order valence-corrected chi connectivity index (χ3v) is 5.34. The zero-order valence-electron chi connectivity index (χ0n) is 17.0. The number of carbonyl (C=O) groups excluding carboxylic acids is 2. The number of aromatic nitrogens is 3. The Bertz CT molecular complexity index is 1120. The van der Waals surface area contributed by atoms with Crippen LogP contribution < -0.4 is 10.6 Å². The third kappa shape index (κ3) is 5.91. The molecular weight excluding hydrogens is 437 g/mol. The van der Waals surface area contributed by atoms with Crippen molar-refractivity contribution in [3.05, 3.63) is 71.3 Å². The summed E-state index contributed by atoms with van der Waals surface area (Å²) in [6.45, 7) is 2.55. The second-order valence-electron chi connectivity index (χ2n) is 6.55. The Morgan fingerprint density at radius 1 is 1.03 bits per heavy atom. The van der Waals surface area contributed by atoms with Gasteiger partial charge in [-0.3, -0.25) is 9.59 Å². The summed E-state index contributed by atoms with van der Waals surface area (Å²) in [6.07, 6.45) is 0. The summed E-state index contributed by atoms with van der Waals surface area (Å²) in [5.74, 6) is -1.51. The number of rotatable bonds is 9. The number of carboxylic acid groups (broad SMARTS) is 1. The first-order valence-corrected chi connectivity index (χ1v) is 10.6. The lowest BCUT2D eigenvalue weighted by Gasteiger charge is -2.09. The Kier molecular flexibility index (Phi) is 7.55. The van der Waals surface area contributed by atoms with Gasteiger partial charge in [0.2, 0.25) is 5.91 Å². The van der Waals surface area contributed by atoms with Crippen molar-refractivity contribution < 1.29 is 23.9 Å². The number of aromatic carboxylic acids is 1. The Morgan fingerprint density at radius 3 is 2.31 bits per heavy atom. The summed E-state index contributed by atoms with van der Waals surface area (Å²) in [4.78, 5) is 35.3. The average Bonchev–Trinajstić information content (AvgIpc) is 3.18. The van der Waals surface area contributed by atoms with Crippen LogP contribution in [0.15, 0.2) is 53.7 Å². The molecule has 0 aliphatic carbocycles. The van der Waals surface area contributed by atoms with E-state index >= 15 is 0 Å². The topological polar surface area (TPSA) is 126 Å². The first-order valence-electron chi connectivity index (χ1n) is 9.59. The second-order valence-corrected chi connectivity index (χ2v) is 7.49. The van der Waals surface area contributed by atoms with Gasteiger partial charge in [0, 0.05) is 17.8 Å². The standard InChI is InChI=1S/C21H20FN5O4S/c1-2-27-17(11-23-19(29)13-3-7-15(22)8-4-13)25-26-21(27)32-12-18(28)24-16-9-5-14(6-10-16)20(30)31/h3-10H,2,11-12H2,1H3,(H,23,29)(H,24,28)(H,30,31). The molecule has 0 aliphatic heterocycles. The Morgan fingerprint density at radius 2 is 1.69 bits per heavy atom. The minimum absolute atomic E-state index is 0.0702. The summed E-state index contributed by atoms with van der Waals surface area (Å²) < 4.78 is 14.8. The molecule has 9 nitrogen and oxygen atoms in total. The molecule has 0 radical (unpaired) electrons. The number of amides is 2. The van der Waals surface area contributed by atoms with E-state index in [9.17, 15) is 18.8 Å². The van der Waals surface area contributed by atoms with Crippen LogP contribution in [0, 0.1) is 5.82 Å². The van der Waals surface area contributed by atoms with Gasteiger partial charge in [0.15, 0.2) is 11.0 Å². The number of nitrogens with one attached hydrogen (secondary N) is 2. The molecule has 1 aromatic heterocycles. The van der Waals surface area contributed by atoms with Crippen molar-refractivity contribution in [3.8, 4) is 0 Å². The molecule has 0 spiro atoms. The van der Waals surface area contributed by atoms with Crippen LogP contribution in [0.2, 0.25) is 0 Å². The van der Waals surface area contributed by atoms with Crippen LogP contribution in [-0.2, 0) is 17.9 Å². The lowest BCUT2D eigenvalue weighted by Crippen LogP contribution is -2.24. The monoisotopic (exact) mass is 457 g/mol. The number of benzene rings is 2. The molecule has 0 atom stereocenters. The minimum atomic E-state index is -1.04. The molecule has 11 heteroatoms. The highest BCUT2D eigenvalue weighted by atomic mass is 32.2. The Balaban J connectivity index is 1.54. The van der Waals surface area contributed by atoms with Gasteiger partial charge in [0.25, 0.3) is 5.91 Å². The number of hydrogen-bond donors (Lipinski definition) is 3. The predicted molar refractivity (Wildman–Crippen MR) is 116 cm³/mol. The first-order chi connectivity index (χ1) is 15.4. The Labute approximate surface area is 187 Å². The maximum Gasteiger partial charge on any atom is 0.335 e. The molecule has 0 saturated heterocycles. The average molecular weight is 457 g/mol.